The van der Waals surface area contributed by atoms with Crippen molar-refractivity contribution in [3.63, 3.8) is 0 Å². The minimum absolute atomic E-state index is 0. The molecule has 0 unspecified atom stereocenters. The van der Waals surface area contributed by atoms with Gasteiger partial charge >= 0.3 is 154 Å². The third-order valence-electron chi connectivity index (χ3n) is 7.31. The third kappa shape index (κ3) is 10.4. The number of rotatable bonds is 9. The molecule has 2 heterocycles. The first-order chi connectivity index (χ1) is 21.7. The number of primary amides is 2. The summed E-state index contributed by atoms with van der Waals surface area (Å²) in [5.41, 5.74) is 7.61. The number of nitrogens with zero attached hydrogens (tertiary/aromatic N) is 2. The van der Waals surface area contributed by atoms with Gasteiger partial charge in [0.15, 0.2) is 0 Å². The number of benzene rings is 2. The van der Waals surface area contributed by atoms with Crippen LogP contribution in [-0.4, -0.2) is 59.0 Å². The van der Waals surface area contributed by atoms with Gasteiger partial charge in [-0.25, -0.2) is 16.8 Å². The van der Waals surface area contributed by atoms with Crippen molar-refractivity contribution in [2.75, 3.05) is 0 Å². The van der Waals surface area contributed by atoms with Gasteiger partial charge in [-0.15, -0.1) is 0 Å². The molecule has 3 aromatic rings. The molecular weight excluding hydrogens is 778 g/mol. The van der Waals surface area contributed by atoms with Crippen LogP contribution < -0.4 is 176 Å². The maximum absolute atomic E-state index is 13.7. The Morgan fingerprint density at radius 1 is 0.740 bits per heavy atom. The van der Waals surface area contributed by atoms with Gasteiger partial charge in [0, 0.05) is 12.1 Å². The molecule has 4 rings (SSSR count). The second-order valence-electron chi connectivity index (χ2n) is 10.3. The molecule has 4 amide bonds. The molecule has 4 N–H and O–H groups in total. The molecule has 0 spiro atoms. The number of amides is 4. The summed E-state index contributed by atoms with van der Waals surface area (Å²) in [4.78, 5) is 64.3. The molecule has 1 aliphatic rings. The fourth-order valence-electron chi connectivity index (χ4n) is 4.90. The predicted molar refractivity (Wildman–Crippen MR) is 157 cm³/mol. The van der Waals surface area contributed by atoms with Crippen LogP contribution in [0.4, 0.5) is 0 Å². The number of aromatic nitrogens is 1. The van der Waals surface area contributed by atoms with Gasteiger partial charge in [0.25, 0.3) is 29.2 Å². The van der Waals surface area contributed by atoms with E-state index in [0.717, 1.165) is 54.6 Å². The van der Waals surface area contributed by atoms with Gasteiger partial charge in [-0.3, -0.25) is 28.9 Å². The van der Waals surface area contributed by atoms with Crippen molar-refractivity contribution in [2.45, 2.75) is 36.7 Å². The van der Waals surface area contributed by atoms with Crippen LogP contribution in [0.3, 0.4) is 0 Å². The van der Waals surface area contributed by atoms with Crippen LogP contribution in [-0.2, 0) is 47.7 Å². The molecule has 0 fully saturated rings. The van der Waals surface area contributed by atoms with Gasteiger partial charge in [0.2, 0.25) is 0 Å². The Labute approximate surface area is 413 Å². The van der Waals surface area contributed by atoms with E-state index < -0.39 is 100 Å². The van der Waals surface area contributed by atoms with Gasteiger partial charge in [-0.05, 0) is 77.9 Å². The quantitative estimate of drug-likeness (QED) is 0.0671. The van der Waals surface area contributed by atoms with Gasteiger partial charge in [0.05, 0.1) is 16.3 Å². The van der Waals surface area contributed by atoms with Crippen LogP contribution in [0.2, 0.25) is 0 Å². The van der Waals surface area contributed by atoms with Crippen molar-refractivity contribution in [1.29, 1.82) is 0 Å². The Hall–Kier alpha value is -0.521. The van der Waals surface area contributed by atoms with E-state index in [-0.39, 0.29) is 176 Å². The van der Waals surface area contributed by atoms with Crippen molar-refractivity contribution >= 4 is 49.9 Å². The number of carbonyl (C=O) groups is 4. The number of imide groups is 1. The summed E-state index contributed by atoms with van der Waals surface area (Å²) in [7, 11) is -9.59. The first kappa shape index (κ1) is 47.5. The zero-order valence-corrected chi connectivity index (χ0v) is 38.4. The van der Waals surface area contributed by atoms with E-state index in [4.69, 9.17) is 11.5 Å². The molecule has 16 nitrogen and oxygen atoms in total. The monoisotopic (exact) mass is 800 g/mol. The van der Waals surface area contributed by atoms with E-state index >= 15 is 0 Å². The normalized spacial score (nSPS) is 14.1. The van der Waals surface area contributed by atoms with E-state index in [1.807, 2.05) is 0 Å². The molecule has 0 aliphatic carbocycles. The van der Waals surface area contributed by atoms with Crippen molar-refractivity contribution in [1.82, 2.24) is 9.47 Å². The summed E-state index contributed by atoms with van der Waals surface area (Å²) in [5, 5.41) is 13.7. The van der Waals surface area contributed by atoms with Crippen molar-refractivity contribution in [3.05, 3.63) is 103 Å². The number of carbonyl (C=O) groups excluding carboxylic acids is 4. The molecule has 246 valence electrons. The average molecular weight is 801 g/mol. The summed E-state index contributed by atoms with van der Waals surface area (Å²) in [6.45, 7) is 1.37. The summed E-state index contributed by atoms with van der Waals surface area (Å²) in [6, 6.07) is 8.48. The second kappa shape index (κ2) is 18.7. The molecular formula is C29H23K3N4O12S2. The van der Waals surface area contributed by atoms with Crippen LogP contribution in [0.1, 0.15) is 39.5 Å². The first-order valence-electron chi connectivity index (χ1n) is 13.2. The van der Waals surface area contributed by atoms with Crippen molar-refractivity contribution in [2.24, 2.45) is 11.5 Å². The van der Waals surface area contributed by atoms with Crippen molar-refractivity contribution in [3.8, 4) is 5.88 Å². The standard InChI is InChI=1S/C29H26N4O12S2.3K/c1-14-20(26(36)32(28(38)22(14)24(30)34)12-16-3-7-18(8-4-16)46(40,41)42)11-21-15(2)23(25(31)35)29(39)33(27(21)37)13-17-5-9-19(10-6-17)47(43,44)45;;;/h3-11,36H,12-13H2,1-2H3,(H2,30,34)(H2,31,35)(H,40,41,42)(H,43,44,45);;;/q;3*+1/p-3/b21-11-;;;. The smallest absolute Gasteiger partial charge is 0.860 e. The summed E-state index contributed by atoms with van der Waals surface area (Å²) >= 11 is 0. The molecule has 0 atom stereocenters. The van der Waals surface area contributed by atoms with E-state index in [2.05, 4.69) is 0 Å². The Balaban J connectivity index is 0.00000417. The summed E-state index contributed by atoms with van der Waals surface area (Å²) in [6.07, 6.45) is 0.959. The maximum atomic E-state index is 13.7. The number of hydrogen-bond donors (Lipinski definition) is 2. The zero-order chi connectivity index (χ0) is 35.2. The Morgan fingerprint density at radius 3 is 1.58 bits per heavy atom. The molecule has 1 aromatic heterocycles. The van der Waals surface area contributed by atoms with Crippen LogP contribution >= 0.6 is 0 Å². The second-order valence-corrected chi connectivity index (χ2v) is 13.0. The number of nitrogens with two attached hydrogens (primary N) is 2. The SMILES string of the molecule is CC1=C(C(N)=O)C(=O)N(Cc2ccc(S(=O)(=O)[O-])cc2)C(=O)/C1=C\c1c(C)c(C(N)=O)c(=O)n(Cc2ccc(S(=O)(=O)[O-])cc2)c1[O-].[K+].[K+].[K+]. The van der Waals surface area contributed by atoms with Gasteiger partial charge in [0.1, 0.15) is 31.4 Å². The largest absolute Gasteiger partial charge is 1.00 e. The van der Waals surface area contributed by atoms with E-state index in [9.17, 15) is 55.0 Å². The molecule has 21 heteroatoms. The third-order valence-corrected chi connectivity index (χ3v) is 9.01. The molecule has 2 aromatic carbocycles. The molecule has 0 bridgehead atoms. The number of pyridine rings is 1. The van der Waals surface area contributed by atoms with E-state index in [0.29, 0.717) is 9.47 Å². The van der Waals surface area contributed by atoms with E-state index in [1.54, 1.807) is 0 Å². The molecule has 50 heavy (non-hydrogen) atoms. The van der Waals surface area contributed by atoms with Crippen LogP contribution in [0, 0.1) is 6.92 Å². The fraction of sp³-hybridized carbons (Fsp3) is 0.138. The van der Waals surface area contributed by atoms with Gasteiger partial charge < -0.3 is 30.2 Å². The van der Waals surface area contributed by atoms with E-state index in [1.165, 1.54) is 13.8 Å². The molecule has 0 radical (unpaired) electrons. The Kier molecular flexibility index (Phi) is 17.7. The molecule has 0 saturated heterocycles. The minimum atomic E-state index is -4.80. The number of hydrogen-bond acceptors (Lipinski definition) is 12. The average Bonchev–Trinajstić information content (AvgIpc) is 2.96. The predicted octanol–water partition coefficient (Wildman–Crippen LogP) is -10.0. The zero-order valence-electron chi connectivity index (χ0n) is 27.4. The molecule has 0 saturated carbocycles. The Morgan fingerprint density at radius 2 is 1.18 bits per heavy atom. The van der Waals surface area contributed by atoms with Crippen LogP contribution in [0.5, 0.6) is 5.88 Å². The Bertz CT molecular complexity index is 2230. The fourth-order valence-corrected chi connectivity index (χ4v) is 5.84. The summed E-state index contributed by atoms with van der Waals surface area (Å²) in [5.74, 6) is -5.64. The topological polar surface area (TPSA) is 283 Å². The molecule has 1 aliphatic heterocycles. The maximum Gasteiger partial charge on any atom is 1.00 e. The van der Waals surface area contributed by atoms with Crippen LogP contribution in [0.15, 0.2) is 79.8 Å². The first-order valence-corrected chi connectivity index (χ1v) is 16.0. The minimum Gasteiger partial charge on any atom is -0.860 e. The van der Waals surface area contributed by atoms with Crippen molar-refractivity contribution < 1.29 is 204 Å². The summed E-state index contributed by atoms with van der Waals surface area (Å²) < 4.78 is 68.3. The van der Waals surface area contributed by atoms with Crippen LogP contribution in [0.25, 0.3) is 6.08 Å². The van der Waals surface area contributed by atoms with Gasteiger partial charge in [-0.1, -0.05) is 24.3 Å². The van der Waals surface area contributed by atoms with Gasteiger partial charge in [-0.2, -0.15) is 0 Å².